The number of unbranched alkanes of at least 4 members (excludes halogenated alkanes) is 18. The van der Waals surface area contributed by atoms with Crippen LogP contribution in [0.1, 0.15) is 240 Å². The highest BCUT2D eigenvalue weighted by molar-refractivity contribution is 9.11. The van der Waals surface area contributed by atoms with Crippen molar-refractivity contribution in [2.45, 2.75) is 241 Å². The molecule has 1 aliphatic carbocycles. The Labute approximate surface area is 782 Å². The lowest BCUT2D eigenvalue weighted by molar-refractivity contribution is 0.661. The van der Waals surface area contributed by atoms with Gasteiger partial charge < -0.3 is 14.1 Å². The van der Waals surface area contributed by atoms with Crippen LogP contribution in [0.25, 0.3) is 153 Å². The zero-order valence-electron chi connectivity index (χ0n) is 75.1. The molecule has 0 saturated carbocycles. The molecule has 3 nitrogen and oxygen atoms in total. The van der Waals surface area contributed by atoms with E-state index in [0.29, 0.717) is 0 Å². The van der Waals surface area contributed by atoms with Crippen molar-refractivity contribution in [2.24, 2.45) is 0 Å². The van der Waals surface area contributed by atoms with Crippen LogP contribution in [-0.2, 0) is 44.9 Å². The molecule has 0 atom stereocenters. The predicted molar refractivity (Wildman–Crippen MR) is 564 cm³/mol. The molecule has 0 bridgehead atoms. The van der Waals surface area contributed by atoms with Crippen LogP contribution in [0, 0.1) is 0 Å². The molecule has 126 heavy (non-hydrogen) atoms. The molecule has 19 rings (SSSR count). The number of aromatic amines is 1. The SMILES string of the molecule is CCCCCCc1cc(-n2c3ccc(-c4ccc5c(c4)c4c6ccccc6ccc4n5-c4cc(CCCCCC)c(Br)cc4CCCCCC)cc3c3c4ccccc4ccc32)c(CCCCCC)cc1Br.CCCCCCc1cc(Br)c(CCCCCC)cc1Br.c1ccc2c3c(ccc2c1)Cc1ccc(-c2ccc4[nH]c5ccc6ccccc6c5c4c2)cc1-3. The lowest BCUT2D eigenvalue weighted by atomic mass is 9.94. The van der Waals surface area contributed by atoms with Gasteiger partial charge in [-0.05, 0) is 302 Å². The van der Waals surface area contributed by atoms with Crippen LogP contribution in [0.2, 0.25) is 0 Å². The standard InChI is InChI=1S/C68H74Br2N2.C33H21N.C18H28Br2/c1-5-9-13-17-27-51-45-65(53(43-59(51)69)29-19-15-11-7-3)71-61-37-35-49(41-57(61)67-55-31-23-21-25-47(55)33-39-63(67)71)50-36-38-62-58(42-50)68-56-32-24-22-26-48(56)34-40-64(68)72(62)66-46-52(28-18-14-10-6-2)60(70)44-54(66)30-20-16-12-8-4;1-3-7-26-20(5-1)9-12-25-17-24-11-10-22(18-28(24)32(25)26)23-14-15-30-29(19-23)33-27-8-4-2-6-21(27)13-16-31(33)34-30;1-3-5-7-9-11-15-13-18(20)16(14-17(15)19)12-10-8-6-4-2/h21-26,31-46H,5-20,27-30H2,1-4H3;1-16,18-19,34H,17H2;13-14H,3-12H2,1-2H3. The first kappa shape index (κ1) is 88.7. The van der Waals surface area contributed by atoms with Crippen molar-refractivity contribution in [3.8, 4) is 44.8 Å². The third kappa shape index (κ3) is 19.1. The smallest absolute Gasteiger partial charge is 0.0547 e. The second kappa shape index (κ2) is 41.8. The maximum absolute atomic E-state index is 4.09. The summed E-state index contributed by atoms with van der Waals surface area (Å²) in [6, 6.07) is 97.1. The first-order valence-corrected chi connectivity index (χ1v) is 51.2. The lowest BCUT2D eigenvalue weighted by Gasteiger charge is -2.18. The molecule has 1 N–H and O–H groups in total. The Hall–Kier alpha value is -9.34. The molecule has 1 aliphatic rings. The summed E-state index contributed by atoms with van der Waals surface area (Å²) in [5.41, 5.74) is 29.5. The molecule has 3 aromatic heterocycles. The number of fused-ring (bicyclic) bond motifs is 20. The molecule has 0 radical (unpaired) electrons. The molecule has 15 aromatic carbocycles. The van der Waals surface area contributed by atoms with Gasteiger partial charge in [0.15, 0.2) is 0 Å². The number of hydrogen-bond acceptors (Lipinski definition) is 0. The van der Waals surface area contributed by atoms with Crippen LogP contribution < -0.4 is 0 Å². The van der Waals surface area contributed by atoms with Gasteiger partial charge in [-0.2, -0.15) is 0 Å². The summed E-state index contributed by atoms with van der Waals surface area (Å²) in [6.07, 6.45) is 38.3. The van der Waals surface area contributed by atoms with Crippen LogP contribution in [0.5, 0.6) is 0 Å². The van der Waals surface area contributed by atoms with Crippen LogP contribution in [-0.4, -0.2) is 14.1 Å². The number of nitrogens with zero attached hydrogens (tertiary/aromatic N) is 2. The summed E-state index contributed by atoms with van der Waals surface area (Å²) >= 11 is 15.7. The Morgan fingerprint density at radius 2 is 0.563 bits per heavy atom. The normalized spacial score (nSPS) is 12.0. The number of benzene rings is 15. The lowest BCUT2D eigenvalue weighted by Crippen LogP contribution is -2.03. The molecular weight excluding hydrogens is 1790 g/mol. The van der Waals surface area contributed by atoms with E-state index in [1.54, 1.807) is 0 Å². The van der Waals surface area contributed by atoms with Crippen LogP contribution >= 0.6 is 63.7 Å². The van der Waals surface area contributed by atoms with Gasteiger partial charge in [-0.3, -0.25) is 0 Å². The van der Waals surface area contributed by atoms with Gasteiger partial charge in [0.2, 0.25) is 0 Å². The molecule has 642 valence electrons. The average Bonchev–Trinajstić information content (AvgIpc) is 1.56. The first-order valence-electron chi connectivity index (χ1n) is 48.0. The van der Waals surface area contributed by atoms with Crippen LogP contribution in [0.15, 0.2) is 273 Å². The highest BCUT2D eigenvalue weighted by Gasteiger charge is 2.26. The van der Waals surface area contributed by atoms with Gasteiger partial charge in [-0.15, -0.1) is 0 Å². The highest BCUT2D eigenvalue weighted by atomic mass is 79.9. The fourth-order valence-corrected chi connectivity index (χ4v) is 22.8. The van der Waals surface area contributed by atoms with Crippen LogP contribution in [0.4, 0.5) is 0 Å². The maximum atomic E-state index is 4.09. The van der Waals surface area contributed by atoms with E-state index in [2.05, 4.69) is 374 Å². The van der Waals surface area contributed by atoms with E-state index in [0.717, 1.165) is 32.1 Å². The second-order valence-electron chi connectivity index (χ2n) is 36.0. The molecular formula is C119H123Br4N3. The van der Waals surface area contributed by atoms with Crippen molar-refractivity contribution in [3.05, 3.63) is 317 Å². The van der Waals surface area contributed by atoms with Crippen molar-refractivity contribution in [2.75, 3.05) is 0 Å². The third-order valence-electron chi connectivity index (χ3n) is 27.2. The molecule has 0 unspecified atom stereocenters. The third-order valence-corrected chi connectivity index (χ3v) is 30.2. The number of halogens is 4. The number of nitrogens with one attached hydrogen (secondary N) is 1. The van der Waals surface area contributed by atoms with Gasteiger partial charge in [-0.1, -0.05) is 379 Å². The Morgan fingerprint density at radius 3 is 1.00 bits per heavy atom. The van der Waals surface area contributed by atoms with Crippen molar-refractivity contribution < 1.29 is 0 Å². The van der Waals surface area contributed by atoms with Crippen molar-refractivity contribution >= 4 is 172 Å². The van der Waals surface area contributed by atoms with E-state index in [9.17, 15) is 0 Å². The number of aryl methyl sites for hydroxylation is 6. The number of hydrogen-bond donors (Lipinski definition) is 1. The predicted octanol–water partition coefficient (Wildman–Crippen LogP) is 38.2. The van der Waals surface area contributed by atoms with Gasteiger partial charge in [0.05, 0.1) is 22.1 Å². The van der Waals surface area contributed by atoms with E-state index in [-0.39, 0.29) is 0 Å². The minimum Gasteiger partial charge on any atom is -0.354 e. The molecule has 0 fully saturated rings. The maximum Gasteiger partial charge on any atom is 0.0547 e. The Morgan fingerprint density at radius 1 is 0.246 bits per heavy atom. The summed E-state index contributed by atoms with van der Waals surface area (Å²) in [5.74, 6) is 0. The molecule has 18 aromatic rings. The fourth-order valence-electron chi connectivity index (χ4n) is 20.4. The summed E-state index contributed by atoms with van der Waals surface area (Å²) < 4.78 is 10.4. The summed E-state index contributed by atoms with van der Waals surface area (Å²) in [7, 11) is 0. The van der Waals surface area contributed by atoms with Gasteiger partial charge >= 0.3 is 0 Å². The van der Waals surface area contributed by atoms with Gasteiger partial charge in [0.25, 0.3) is 0 Å². The summed E-state index contributed by atoms with van der Waals surface area (Å²) in [5, 5.41) is 18.3. The summed E-state index contributed by atoms with van der Waals surface area (Å²) in [6.45, 7) is 13.8. The quantitative estimate of drug-likeness (QED) is 0.0389. The van der Waals surface area contributed by atoms with E-state index < -0.39 is 0 Å². The zero-order valence-corrected chi connectivity index (χ0v) is 81.4. The Balaban J connectivity index is 0.000000168. The monoisotopic (exact) mass is 1910 g/mol. The number of H-pyrrole nitrogens is 1. The van der Waals surface area contributed by atoms with Gasteiger partial charge in [0.1, 0.15) is 0 Å². The van der Waals surface area contributed by atoms with E-state index in [1.165, 1.54) is 383 Å². The molecule has 0 saturated heterocycles. The summed E-state index contributed by atoms with van der Waals surface area (Å²) in [4.78, 5) is 3.62. The molecule has 7 heteroatoms. The van der Waals surface area contributed by atoms with Crippen molar-refractivity contribution in [1.82, 2.24) is 14.1 Å². The van der Waals surface area contributed by atoms with E-state index in [1.807, 2.05) is 0 Å². The fraction of sp³-hybridized carbons (Fsp3) is 0.311. The van der Waals surface area contributed by atoms with Gasteiger partial charge in [0, 0.05) is 72.6 Å². The largest absolute Gasteiger partial charge is 0.354 e. The molecule has 0 spiro atoms. The number of aromatic nitrogens is 3. The van der Waals surface area contributed by atoms with Gasteiger partial charge in [-0.25, -0.2) is 0 Å². The number of rotatable bonds is 34. The second-order valence-corrected chi connectivity index (χ2v) is 39.4. The topological polar surface area (TPSA) is 25.6 Å². The first-order chi connectivity index (χ1) is 61.9. The van der Waals surface area contributed by atoms with E-state index >= 15 is 0 Å². The molecule has 0 aliphatic heterocycles. The minimum absolute atomic E-state index is 1.02. The van der Waals surface area contributed by atoms with E-state index in [4.69, 9.17) is 0 Å². The Bertz CT molecular complexity index is 6650. The van der Waals surface area contributed by atoms with Crippen LogP contribution in [0.3, 0.4) is 0 Å². The molecule has 0 amide bonds. The molecule has 3 heterocycles. The Kier molecular flexibility index (Phi) is 29.4. The minimum atomic E-state index is 1.02. The zero-order chi connectivity index (χ0) is 86.6. The van der Waals surface area contributed by atoms with Crippen molar-refractivity contribution in [3.63, 3.8) is 0 Å². The van der Waals surface area contributed by atoms with Crippen molar-refractivity contribution in [1.29, 1.82) is 0 Å². The average molecular weight is 1910 g/mol. The highest BCUT2D eigenvalue weighted by Crippen LogP contribution is 2.48.